The Morgan fingerprint density at radius 3 is 2.75 bits per heavy atom. The minimum atomic E-state index is -1.14. The van der Waals surface area contributed by atoms with Gasteiger partial charge in [-0.05, 0) is 0 Å². The zero-order valence-corrected chi connectivity index (χ0v) is 10.3. The maximum atomic E-state index is 11.7. The van der Waals surface area contributed by atoms with Gasteiger partial charge in [0.2, 0.25) is 0 Å². The summed E-state index contributed by atoms with van der Waals surface area (Å²) < 4.78 is 0. The van der Waals surface area contributed by atoms with Crippen LogP contribution < -0.4 is 10.6 Å². The molecule has 0 aliphatic rings. The van der Waals surface area contributed by atoms with Crippen molar-refractivity contribution >= 4 is 17.8 Å². The third kappa shape index (κ3) is 3.77. The third-order valence-electron chi connectivity index (χ3n) is 2.39. The van der Waals surface area contributed by atoms with Crippen LogP contribution in [0.5, 0.6) is 0 Å². The van der Waals surface area contributed by atoms with Gasteiger partial charge < -0.3 is 15.4 Å². The van der Waals surface area contributed by atoms with Crippen molar-refractivity contribution in [1.82, 2.24) is 25.3 Å². The second kappa shape index (κ2) is 6.27. The minimum Gasteiger partial charge on any atom is -0.480 e. The molecule has 0 bridgehead atoms. The zero-order valence-electron chi connectivity index (χ0n) is 10.3. The summed E-state index contributed by atoms with van der Waals surface area (Å²) in [5.41, 5.74) is 0.609. The normalized spacial score (nSPS) is 11.6. The molecule has 4 N–H and O–H groups in total. The van der Waals surface area contributed by atoms with Gasteiger partial charge >= 0.3 is 12.0 Å². The molecule has 20 heavy (non-hydrogen) atoms. The summed E-state index contributed by atoms with van der Waals surface area (Å²) in [6, 6.07) is -1.75. The van der Waals surface area contributed by atoms with Crippen LogP contribution in [0.15, 0.2) is 31.1 Å². The second-order valence-corrected chi connectivity index (χ2v) is 3.86. The average Bonchev–Trinajstić information content (AvgIpc) is 2.92. The number of nitrogens with zero attached hydrogens (tertiary/aromatic N) is 3. The first kappa shape index (κ1) is 13.5. The van der Waals surface area contributed by atoms with E-state index in [1.54, 1.807) is 0 Å². The number of carbonyl (C=O) groups is 2. The van der Waals surface area contributed by atoms with Crippen molar-refractivity contribution in [2.45, 2.75) is 12.5 Å². The zero-order chi connectivity index (χ0) is 14.4. The molecule has 0 saturated carbocycles. The molecule has 1 unspecified atom stereocenters. The van der Waals surface area contributed by atoms with E-state index in [1.807, 2.05) is 0 Å². The lowest BCUT2D eigenvalue weighted by molar-refractivity contribution is -0.139. The number of aliphatic carboxylic acids is 1. The lowest BCUT2D eigenvalue weighted by Crippen LogP contribution is -2.44. The van der Waals surface area contributed by atoms with Crippen LogP contribution in [0.4, 0.5) is 10.6 Å². The van der Waals surface area contributed by atoms with Gasteiger partial charge in [-0.25, -0.2) is 19.6 Å². The number of anilines is 1. The monoisotopic (exact) mass is 276 g/mol. The molecule has 104 valence electrons. The summed E-state index contributed by atoms with van der Waals surface area (Å²) >= 11 is 0. The van der Waals surface area contributed by atoms with Gasteiger partial charge in [-0.2, -0.15) is 0 Å². The van der Waals surface area contributed by atoms with Crippen LogP contribution in [-0.4, -0.2) is 43.1 Å². The summed E-state index contributed by atoms with van der Waals surface area (Å²) in [6.45, 7) is 0. The van der Waals surface area contributed by atoms with E-state index in [0.717, 1.165) is 0 Å². The van der Waals surface area contributed by atoms with E-state index in [9.17, 15) is 9.59 Å². The number of rotatable bonds is 5. The molecule has 2 amide bonds. The molecule has 0 fully saturated rings. The van der Waals surface area contributed by atoms with Crippen molar-refractivity contribution in [2.24, 2.45) is 0 Å². The van der Waals surface area contributed by atoms with Gasteiger partial charge in [0.05, 0.1) is 12.5 Å². The van der Waals surface area contributed by atoms with E-state index in [4.69, 9.17) is 5.11 Å². The number of H-pyrrole nitrogens is 1. The molecule has 0 aromatic carbocycles. The van der Waals surface area contributed by atoms with Crippen LogP contribution in [0.1, 0.15) is 5.69 Å². The lowest BCUT2D eigenvalue weighted by atomic mass is 10.2. The Morgan fingerprint density at radius 1 is 1.30 bits per heavy atom. The standard InChI is InChI=1S/C11H12N6O3/c18-10(19)8(3-7-4-13-6-15-7)16-11(20)17-9-5-12-1-2-14-9/h1-2,4-6,8H,3H2,(H,13,15)(H,18,19)(H2,14,16,17,20). The van der Waals surface area contributed by atoms with Crippen LogP contribution in [0.3, 0.4) is 0 Å². The fourth-order valence-corrected chi connectivity index (χ4v) is 1.49. The van der Waals surface area contributed by atoms with E-state index in [1.165, 1.54) is 31.1 Å². The smallest absolute Gasteiger partial charge is 0.326 e. The Kier molecular flexibility index (Phi) is 4.22. The van der Waals surface area contributed by atoms with Crippen LogP contribution in [0.25, 0.3) is 0 Å². The highest BCUT2D eigenvalue weighted by Gasteiger charge is 2.21. The highest BCUT2D eigenvalue weighted by Crippen LogP contribution is 2.01. The van der Waals surface area contributed by atoms with Crippen LogP contribution >= 0.6 is 0 Å². The molecule has 0 aliphatic carbocycles. The number of imidazole rings is 1. The number of carboxylic acids is 1. The SMILES string of the molecule is O=C(Nc1cnccn1)NC(Cc1cnc[nH]1)C(=O)O. The summed E-state index contributed by atoms with van der Waals surface area (Å²) in [6.07, 6.45) is 7.26. The molecule has 0 aliphatic heterocycles. The van der Waals surface area contributed by atoms with Gasteiger partial charge in [0.1, 0.15) is 6.04 Å². The van der Waals surface area contributed by atoms with Gasteiger partial charge in [-0.15, -0.1) is 0 Å². The average molecular weight is 276 g/mol. The highest BCUT2D eigenvalue weighted by molar-refractivity contribution is 5.91. The largest absolute Gasteiger partial charge is 0.480 e. The fourth-order valence-electron chi connectivity index (χ4n) is 1.49. The predicted octanol–water partition coefficient (Wildman–Crippen LogP) is 0.0171. The Balaban J connectivity index is 1.94. The van der Waals surface area contributed by atoms with Crippen LogP contribution in [0, 0.1) is 0 Å². The molecule has 1 atom stereocenters. The Bertz CT molecular complexity index is 571. The van der Waals surface area contributed by atoms with Gasteiger partial charge in [-0.3, -0.25) is 10.3 Å². The van der Waals surface area contributed by atoms with Crippen molar-refractivity contribution in [3.05, 3.63) is 36.8 Å². The second-order valence-electron chi connectivity index (χ2n) is 3.86. The minimum absolute atomic E-state index is 0.100. The molecule has 0 radical (unpaired) electrons. The number of urea groups is 1. The molecule has 2 heterocycles. The number of hydrogen-bond acceptors (Lipinski definition) is 5. The Labute approximate surface area is 113 Å². The summed E-state index contributed by atoms with van der Waals surface area (Å²) in [5, 5.41) is 13.8. The molecule has 0 saturated heterocycles. The number of carboxylic acid groups (broad SMARTS) is 1. The van der Waals surface area contributed by atoms with E-state index in [2.05, 4.69) is 30.6 Å². The number of aromatic amines is 1. The number of amides is 2. The van der Waals surface area contributed by atoms with Crippen LogP contribution in [0.2, 0.25) is 0 Å². The fraction of sp³-hybridized carbons (Fsp3) is 0.182. The predicted molar refractivity (Wildman–Crippen MR) is 67.9 cm³/mol. The van der Waals surface area contributed by atoms with Gasteiger partial charge in [0.15, 0.2) is 5.82 Å². The molecule has 9 heteroatoms. The topological polar surface area (TPSA) is 133 Å². The summed E-state index contributed by atoms with van der Waals surface area (Å²) in [7, 11) is 0. The molecule has 2 rings (SSSR count). The molecular formula is C11H12N6O3. The van der Waals surface area contributed by atoms with Crippen molar-refractivity contribution in [3.63, 3.8) is 0 Å². The number of carbonyl (C=O) groups excluding carboxylic acids is 1. The third-order valence-corrected chi connectivity index (χ3v) is 2.39. The molecule has 2 aromatic heterocycles. The van der Waals surface area contributed by atoms with E-state index in [-0.39, 0.29) is 12.2 Å². The first-order chi connectivity index (χ1) is 9.65. The number of hydrogen-bond donors (Lipinski definition) is 4. The van der Waals surface area contributed by atoms with E-state index in [0.29, 0.717) is 5.69 Å². The maximum absolute atomic E-state index is 11.7. The highest BCUT2D eigenvalue weighted by atomic mass is 16.4. The Morgan fingerprint density at radius 2 is 2.15 bits per heavy atom. The molecule has 2 aromatic rings. The Hall–Kier alpha value is -2.97. The lowest BCUT2D eigenvalue weighted by Gasteiger charge is -2.13. The van der Waals surface area contributed by atoms with Crippen LogP contribution in [-0.2, 0) is 11.2 Å². The van der Waals surface area contributed by atoms with Crippen molar-refractivity contribution in [1.29, 1.82) is 0 Å². The van der Waals surface area contributed by atoms with Gasteiger partial charge in [0, 0.05) is 30.7 Å². The number of aromatic nitrogens is 4. The first-order valence-corrected chi connectivity index (χ1v) is 5.68. The number of nitrogens with one attached hydrogen (secondary N) is 3. The summed E-state index contributed by atoms with van der Waals surface area (Å²) in [5.74, 6) is -0.912. The first-order valence-electron chi connectivity index (χ1n) is 5.68. The van der Waals surface area contributed by atoms with E-state index < -0.39 is 18.0 Å². The van der Waals surface area contributed by atoms with Crippen molar-refractivity contribution in [2.75, 3.05) is 5.32 Å². The summed E-state index contributed by atoms with van der Waals surface area (Å²) in [4.78, 5) is 37.0. The van der Waals surface area contributed by atoms with Gasteiger partial charge in [0.25, 0.3) is 0 Å². The quantitative estimate of drug-likeness (QED) is 0.608. The molecule has 0 spiro atoms. The van der Waals surface area contributed by atoms with E-state index >= 15 is 0 Å². The van der Waals surface area contributed by atoms with Gasteiger partial charge in [-0.1, -0.05) is 0 Å². The molecule has 9 nitrogen and oxygen atoms in total. The van der Waals surface area contributed by atoms with Crippen molar-refractivity contribution in [3.8, 4) is 0 Å². The maximum Gasteiger partial charge on any atom is 0.326 e. The molecular weight excluding hydrogens is 264 g/mol. The van der Waals surface area contributed by atoms with Crippen molar-refractivity contribution < 1.29 is 14.7 Å².